The van der Waals surface area contributed by atoms with E-state index in [0.29, 0.717) is 10.8 Å². The number of benzene rings is 3. The summed E-state index contributed by atoms with van der Waals surface area (Å²) in [5, 5.41) is 3.16. The molecule has 0 saturated carbocycles. The summed E-state index contributed by atoms with van der Waals surface area (Å²) in [5.74, 6) is 0.776. The van der Waals surface area contributed by atoms with Crippen molar-refractivity contribution in [1.82, 2.24) is 5.32 Å². The van der Waals surface area contributed by atoms with Crippen LogP contribution >= 0.6 is 11.6 Å². The van der Waals surface area contributed by atoms with Gasteiger partial charge in [0.25, 0.3) is 10.0 Å². The van der Waals surface area contributed by atoms with Gasteiger partial charge < -0.3 is 14.8 Å². The molecule has 1 atom stereocenters. The maximum absolute atomic E-state index is 13.5. The summed E-state index contributed by atoms with van der Waals surface area (Å²) in [7, 11) is -2.56. The van der Waals surface area contributed by atoms with E-state index in [-0.39, 0.29) is 23.2 Å². The van der Waals surface area contributed by atoms with Crippen molar-refractivity contribution in [2.75, 3.05) is 24.6 Å². The molecule has 1 unspecified atom stereocenters. The second-order valence-electron chi connectivity index (χ2n) is 7.71. The molecule has 7 nitrogen and oxygen atoms in total. The topological polar surface area (TPSA) is 84.9 Å². The highest BCUT2D eigenvalue weighted by Gasteiger charge is 2.28. The molecule has 0 aliphatic carbocycles. The number of hydrogen-bond donors (Lipinski definition) is 1. The van der Waals surface area contributed by atoms with E-state index in [4.69, 9.17) is 21.1 Å². The van der Waals surface area contributed by atoms with Gasteiger partial charge in [0.05, 0.1) is 23.7 Å². The van der Waals surface area contributed by atoms with Crippen molar-refractivity contribution in [2.24, 2.45) is 0 Å². The van der Waals surface area contributed by atoms with Crippen molar-refractivity contribution in [2.45, 2.75) is 24.8 Å². The fourth-order valence-corrected chi connectivity index (χ4v) is 4.84. The van der Waals surface area contributed by atoms with E-state index >= 15 is 0 Å². The van der Waals surface area contributed by atoms with E-state index in [0.717, 1.165) is 15.6 Å². The van der Waals surface area contributed by atoms with Crippen LogP contribution in [0, 0.1) is 6.92 Å². The lowest BCUT2D eigenvalue weighted by atomic mass is 10.2. The van der Waals surface area contributed by atoms with E-state index < -0.39 is 22.5 Å². The van der Waals surface area contributed by atoms with Crippen LogP contribution in [-0.2, 0) is 14.8 Å². The van der Waals surface area contributed by atoms with Gasteiger partial charge in [-0.3, -0.25) is 9.10 Å². The zero-order valence-corrected chi connectivity index (χ0v) is 20.8. The van der Waals surface area contributed by atoms with Crippen molar-refractivity contribution in [3.05, 3.63) is 83.4 Å². The van der Waals surface area contributed by atoms with Gasteiger partial charge in [0.2, 0.25) is 5.91 Å². The number of carbonyl (C=O) groups is 1. The smallest absolute Gasteiger partial charge is 0.264 e. The molecule has 0 spiro atoms. The minimum absolute atomic E-state index is 0.0250. The SMILES string of the molecule is COc1ccc(S(=O)(=O)N(CC(=O)NC(C)COc2ccccc2C)c2cccc(Cl)c2)cc1. The molecule has 3 rings (SSSR count). The highest BCUT2D eigenvalue weighted by molar-refractivity contribution is 7.92. The predicted octanol–water partition coefficient (Wildman–Crippen LogP) is 4.44. The Labute approximate surface area is 205 Å². The van der Waals surface area contributed by atoms with E-state index in [9.17, 15) is 13.2 Å². The fourth-order valence-electron chi connectivity index (χ4n) is 3.25. The third-order valence-electron chi connectivity index (χ3n) is 5.02. The number of ether oxygens (including phenoxy) is 2. The van der Waals surface area contributed by atoms with Crippen LogP contribution in [0.5, 0.6) is 11.5 Å². The van der Waals surface area contributed by atoms with Crippen LogP contribution in [-0.4, -0.2) is 40.6 Å². The quantitative estimate of drug-likeness (QED) is 0.443. The molecule has 3 aromatic rings. The lowest BCUT2D eigenvalue weighted by Gasteiger charge is -2.25. The van der Waals surface area contributed by atoms with Gasteiger partial charge in [-0.1, -0.05) is 35.9 Å². The number of amides is 1. The summed E-state index contributed by atoms with van der Waals surface area (Å²) < 4.78 is 38.8. The van der Waals surface area contributed by atoms with Gasteiger partial charge in [-0.2, -0.15) is 0 Å². The molecule has 1 amide bonds. The number of para-hydroxylation sites is 1. The number of nitrogens with zero attached hydrogens (tertiary/aromatic N) is 1. The fraction of sp³-hybridized carbons (Fsp3) is 0.240. The largest absolute Gasteiger partial charge is 0.497 e. The van der Waals surface area contributed by atoms with E-state index in [1.54, 1.807) is 37.3 Å². The van der Waals surface area contributed by atoms with Crippen LogP contribution in [0.4, 0.5) is 5.69 Å². The summed E-state index contributed by atoms with van der Waals surface area (Å²) >= 11 is 6.10. The second-order valence-corrected chi connectivity index (χ2v) is 10.0. The molecule has 0 radical (unpaired) electrons. The molecule has 180 valence electrons. The molecular weight excluding hydrogens is 476 g/mol. The number of aryl methyl sites for hydroxylation is 1. The first-order chi connectivity index (χ1) is 16.2. The first kappa shape index (κ1) is 25.4. The summed E-state index contributed by atoms with van der Waals surface area (Å²) in [4.78, 5) is 12.9. The minimum Gasteiger partial charge on any atom is -0.497 e. The Hall–Kier alpha value is -3.23. The summed E-state index contributed by atoms with van der Waals surface area (Å²) in [6.45, 7) is 3.53. The van der Waals surface area contributed by atoms with Gasteiger partial charge in [-0.25, -0.2) is 8.42 Å². The zero-order valence-electron chi connectivity index (χ0n) is 19.2. The van der Waals surface area contributed by atoms with Crippen LogP contribution in [0.15, 0.2) is 77.7 Å². The summed E-state index contributed by atoms with van der Waals surface area (Å²) in [6, 6.07) is 19.5. The molecule has 0 saturated heterocycles. The number of halogens is 1. The van der Waals surface area contributed by atoms with Crippen LogP contribution in [0.1, 0.15) is 12.5 Å². The monoisotopic (exact) mass is 502 g/mol. The number of carbonyl (C=O) groups excluding carboxylic acids is 1. The van der Waals surface area contributed by atoms with Crippen molar-refractivity contribution in [1.29, 1.82) is 0 Å². The Balaban J connectivity index is 1.77. The van der Waals surface area contributed by atoms with Gasteiger partial charge >= 0.3 is 0 Å². The Morgan fingerprint density at radius 3 is 2.41 bits per heavy atom. The first-order valence-electron chi connectivity index (χ1n) is 10.6. The summed E-state index contributed by atoms with van der Waals surface area (Å²) in [6.07, 6.45) is 0. The van der Waals surface area contributed by atoms with Crippen LogP contribution in [0.3, 0.4) is 0 Å². The van der Waals surface area contributed by atoms with E-state index in [1.165, 1.54) is 25.3 Å². The van der Waals surface area contributed by atoms with Gasteiger partial charge in [0.15, 0.2) is 0 Å². The first-order valence-corrected chi connectivity index (χ1v) is 12.4. The molecule has 1 N–H and O–H groups in total. The van der Waals surface area contributed by atoms with Gasteiger partial charge in [0.1, 0.15) is 24.7 Å². The molecule has 0 aliphatic heterocycles. The maximum atomic E-state index is 13.5. The molecule has 0 aromatic heterocycles. The molecule has 34 heavy (non-hydrogen) atoms. The van der Waals surface area contributed by atoms with Gasteiger partial charge in [-0.15, -0.1) is 0 Å². The number of hydrogen-bond acceptors (Lipinski definition) is 5. The molecule has 3 aromatic carbocycles. The standard InChI is InChI=1S/C25H27ClN2O5S/c1-18-7-4-5-10-24(18)33-17-19(2)27-25(29)16-28(21-9-6-8-20(26)15-21)34(30,31)23-13-11-22(32-3)12-14-23/h4-15,19H,16-17H2,1-3H3,(H,27,29). The van der Waals surface area contributed by atoms with Gasteiger partial charge in [-0.05, 0) is 67.9 Å². The number of nitrogens with one attached hydrogen (secondary N) is 1. The number of sulfonamides is 1. The number of anilines is 1. The number of methoxy groups -OCH3 is 1. The van der Waals surface area contributed by atoms with E-state index in [1.807, 2.05) is 31.2 Å². The molecule has 0 fully saturated rings. The Morgan fingerprint density at radius 1 is 1.06 bits per heavy atom. The predicted molar refractivity (Wildman–Crippen MR) is 133 cm³/mol. The third-order valence-corrected chi connectivity index (χ3v) is 7.04. The summed E-state index contributed by atoms with van der Waals surface area (Å²) in [5.41, 5.74) is 1.26. The lowest BCUT2D eigenvalue weighted by Crippen LogP contribution is -2.45. The van der Waals surface area contributed by atoms with Crippen LogP contribution in [0.25, 0.3) is 0 Å². The second kappa shape index (κ2) is 11.3. The Morgan fingerprint density at radius 2 is 1.76 bits per heavy atom. The molecule has 9 heteroatoms. The van der Waals surface area contributed by atoms with Crippen LogP contribution in [0.2, 0.25) is 5.02 Å². The highest BCUT2D eigenvalue weighted by Crippen LogP contribution is 2.27. The average molecular weight is 503 g/mol. The van der Waals surface area contributed by atoms with Crippen molar-refractivity contribution in [3.8, 4) is 11.5 Å². The normalized spacial score (nSPS) is 12.0. The average Bonchev–Trinajstić information content (AvgIpc) is 2.82. The minimum atomic E-state index is -4.06. The molecule has 0 heterocycles. The number of rotatable bonds is 10. The van der Waals surface area contributed by atoms with Crippen molar-refractivity contribution >= 4 is 33.2 Å². The molecule has 0 aliphatic rings. The van der Waals surface area contributed by atoms with Crippen molar-refractivity contribution in [3.63, 3.8) is 0 Å². The molecular formula is C25H27ClN2O5S. The van der Waals surface area contributed by atoms with Gasteiger partial charge in [0, 0.05) is 5.02 Å². The molecule has 0 bridgehead atoms. The highest BCUT2D eigenvalue weighted by atomic mass is 35.5. The van der Waals surface area contributed by atoms with E-state index in [2.05, 4.69) is 5.32 Å². The maximum Gasteiger partial charge on any atom is 0.264 e. The zero-order chi connectivity index (χ0) is 24.7. The van der Waals surface area contributed by atoms with Crippen LogP contribution < -0.4 is 19.1 Å². The lowest BCUT2D eigenvalue weighted by molar-refractivity contribution is -0.120. The third kappa shape index (κ3) is 6.42. The Kier molecular flexibility index (Phi) is 8.41. The van der Waals surface area contributed by atoms with Crippen molar-refractivity contribution < 1.29 is 22.7 Å². The Bertz CT molecular complexity index is 1230.